The molecule has 0 spiro atoms. The molecule has 1 heterocycles. The van der Waals surface area contributed by atoms with Crippen LogP contribution >= 0.6 is 0 Å². The van der Waals surface area contributed by atoms with E-state index in [0.29, 0.717) is 25.9 Å². The second-order valence-corrected chi connectivity index (χ2v) is 3.81. The summed E-state index contributed by atoms with van der Waals surface area (Å²) in [4.78, 5) is 23.4. The highest BCUT2D eigenvalue weighted by Crippen LogP contribution is 2.12. The lowest BCUT2D eigenvalue weighted by molar-refractivity contribution is -0.149. The predicted octanol–water partition coefficient (Wildman–Crippen LogP) is 0.655. The van der Waals surface area contributed by atoms with Crippen molar-refractivity contribution >= 4 is 11.9 Å². The molecular formula is C11H17NO4. The summed E-state index contributed by atoms with van der Waals surface area (Å²) in [5.74, 6) is -0.829. The SMILES string of the molecule is C=CCN1CC(CCCC(=O)O)OCC1=O. The predicted molar refractivity (Wildman–Crippen MR) is 58.0 cm³/mol. The van der Waals surface area contributed by atoms with Crippen LogP contribution in [0.2, 0.25) is 0 Å². The van der Waals surface area contributed by atoms with Crippen molar-refractivity contribution in [3.63, 3.8) is 0 Å². The molecule has 1 aliphatic heterocycles. The number of carboxylic acid groups (broad SMARTS) is 1. The van der Waals surface area contributed by atoms with Crippen LogP contribution in [-0.4, -0.2) is 47.7 Å². The second-order valence-electron chi connectivity index (χ2n) is 3.81. The van der Waals surface area contributed by atoms with Gasteiger partial charge in [-0.3, -0.25) is 9.59 Å². The molecule has 1 unspecified atom stereocenters. The third kappa shape index (κ3) is 4.02. The Morgan fingerprint density at radius 2 is 2.44 bits per heavy atom. The Hall–Kier alpha value is -1.36. The van der Waals surface area contributed by atoms with Gasteiger partial charge in [0.15, 0.2) is 0 Å². The van der Waals surface area contributed by atoms with E-state index in [9.17, 15) is 9.59 Å². The average molecular weight is 227 g/mol. The molecule has 0 bridgehead atoms. The quantitative estimate of drug-likeness (QED) is 0.677. The summed E-state index contributed by atoms with van der Waals surface area (Å²) in [6.07, 6.45) is 3.04. The number of morpholine rings is 1. The van der Waals surface area contributed by atoms with E-state index in [-0.39, 0.29) is 25.0 Å². The normalized spacial score (nSPS) is 20.9. The zero-order chi connectivity index (χ0) is 12.0. The number of amides is 1. The van der Waals surface area contributed by atoms with Gasteiger partial charge in [0.25, 0.3) is 0 Å². The number of carbonyl (C=O) groups is 2. The maximum absolute atomic E-state index is 11.4. The molecule has 1 N–H and O–H groups in total. The molecule has 0 aromatic carbocycles. The van der Waals surface area contributed by atoms with E-state index >= 15 is 0 Å². The van der Waals surface area contributed by atoms with Crippen LogP contribution in [0.4, 0.5) is 0 Å². The highest BCUT2D eigenvalue weighted by molar-refractivity contribution is 5.78. The van der Waals surface area contributed by atoms with Gasteiger partial charge < -0.3 is 14.7 Å². The zero-order valence-electron chi connectivity index (χ0n) is 9.22. The monoisotopic (exact) mass is 227 g/mol. The Morgan fingerprint density at radius 1 is 1.69 bits per heavy atom. The first-order chi connectivity index (χ1) is 7.63. The molecule has 1 rings (SSSR count). The van der Waals surface area contributed by atoms with Gasteiger partial charge in [-0.05, 0) is 12.8 Å². The van der Waals surface area contributed by atoms with Crippen LogP contribution in [0.25, 0.3) is 0 Å². The summed E-state index contributed by atoms with van der Waals surface area (Å²) >= 11 is 0. The average Bonchev–Trinajstić information content (AvgIpc) is 2.22. The van der Waals surface area contributed by atoms with E-state index < -0.39 is 5.97 Å². The molecule has 1 fully saturated rings. The van der Waals surface area contributed by atoms with Crippen molar-refractivity contribution in [2.45, 2.75) is 25.4 Å². The molecular weight excluding hydrogens is 210 g/mol. The molecule has 5 heteroatoms. The van der Waals surface area contributed by atoms with Crippen molar-refractivity contribution in [2.24, 2.45) is 0 Å². The Kier molecular flexibility index (Phi) is 4.98. The van der Waals surface area contributed by atoms with Crippen molar-refractivity contribution in [3.05, 3.63) is 12.7 Å². The second kappa shape index (κ2) is 6.27. The lowest BCUT2D eigenvalue weighted by Gasteiger charge is -2.32. The van der Waals surface area contributed by atoms with Gasteiger partial charge in [-0.2, -0.15) is 0 Å². The topological polar surface area (TPSA) is 66.8 Å². The number of aliphatic carboxylic acids is 1. The molecule has 1 amide bonds. The van der Waals surface area contributed by atoms with Gasteiger partial charge in [-0.25, -0.2) is 0 Å². The third-order valence-corrected chi connectivity index (χ3v) is 2.49. The van der Waals surface area contributed by atoms with Crippen molar-refractivity contribution < 1.29 is 19.4 Å². The van der Waals surface area contributed by atoms with Crippen LogP contribution in [0, 0.1) is 0 Å². The van der Waals surface area contributed by atoms with Crippen LogP contribution in [0.1, 0.15) is 19.3 Å². The van der Waals surface area contributed by atoms with E-state index in [0.717, 1.165) is 0 Å². The van der Waals surface area contributed by atoms with Gasteiger partial charge in [0.2, 0.25) is 5.91 Å². The van der Waals surface area contributed by atoms with Gasteiger partial charge in [0.1, 0.15) is 6.61 Å². The van der Waals surface area contributed by atoms with E-state index in [4.69, 9.17) is 9.84 Å². The molecule has 90 valence electrons. The van der Waals surface area contributed by atoms with Crippen LogP contribution in [-0.2, 0) is 14.3 Å². The van der Waals surface area contributed by atoms with Gasteiger partial charge in [-0.1, -0.05) is 6.08 Å². The van der Waals surface area contributed by atoms with Crippen molar-refractivity contribution in [1.29, 1.82) is 0 Å². The molecule has 1 atom stereocenters. The van der Waals surface area contributed by atoms with Crippen LogP contribution in [0.15, 0.2) is 12.7 Å². The van der Waals surface area contributed by atoms with Crippen molar-refractivity contribution in [3.8, 4) is 0 Å². The third-order valence-electron chi connectivity index (χ3n) is 2.49. The Bertz CT molecular complexity index is 277. The maximum atomic E-state index is 11.4. The first-order valence-corrected chi connectivity index (χ1v) is 5.35. The molecule has 0 aliphatic carbocycles. The van der Waals surface area contributed by atoms with E-state index in [1.54, 1.807) is 11.0 Å². The highest BCUT2D eigenvalue weighted by atomic mass is 16.5. The number of carboxylic acids is 1. The Morgan fingerprint density at radius 3 is 3.06 bits per heavy atom. The van der Waals surface area contributed by atoms with Gasteiger partial charge in [0.05, 0.1) is 6.10 Å². The molecule has 0 aromatic rings. The minimum Gasteiger partial charge on any atom is -0.481 e. The van der Waals surface area contributed by atoms with Crippen LogP contribution < -0.4 is 0 Å². The zero-order valence-corrected chi connectivity index (χ0v) is 9.22. The number of carbonyl (C=O) groups excluding carboxylic acids is 1. The lowest BCUT2D eigenvalue weighted by atomic mass is 10.1. The Balaban J connectivity index is 2.31. The summed E-state index contributed by atoms with van der Waals surface area (Å²) in [5.41, 5.74) is 0. The van der Waals surface area contributed by atoms with Crippen molar-refractivity contribution in [1.82, 2.24) is 4.90 Å². The molecule has 0 aromatic heterocycles. The highest BCUT2D eigenvalue weighted by Gasteiger charge is 2.24. The fraction of sp³-hybridized carbons (Fsp3) is 0.636. The van der Waals surface area contributed by atoms with Crippen LogP contribution in [0.5, 0.6) is 0 Å². The molecule has 16 heavy (non-hydrogen) atoms. The van der Waals surface area contributed by atoms with Gasteiger partial charge in [-0.15, -0.1) is 6.58 Å². The fourth-order valence-corrected chi connectivity index (χ4v) is 1.67. The molecule has 0 radical (unpaired) electrons. The summed E-state index contributed by atoms with van der Waals surface area (Å²) < 4.78 is 5.33. The minimum absolute atomic E-state index is 0.0330. The standard InChI is InChI=1S/C11H17NO4/c1-2-6-12-7-9(16-8-10(12)13)4-3-5-11(14)15/h2,9H,1,3-8H2,(H,14,15). The van der Waals surface area contributed by atoms with Crippen molar-refractivity contribution in [2.75, 3.05) is 19.7 Å². The van der Waals surface area contributed by atoms with E-state index in [2.05, 4.69) is 6.58 Å². The molecule has 1 saturated heterocycles. The summed E-state index contributed by atoms with van der Waals surface area (Å²) in [5, 5.41) is 8.50. The van der Waals surface area contributed by atoms with Crippen LogP contribution in [0.3, 0.4) is 0 Å². The number of rotatable bonds is 6. The molecule has 5 nitrogen and oxygen atoms in total. The largest absolute Gasteiger partial charge is 0.481 e. The molecule has 0 saturated carbocycles. The van der Waals surface area contributed by atoms with E-state index in [1.807, 2.05) is 0 Å². The number of hydrogen-bond donors (Lipinski definition) is 1. The van der Waals surface area contributed by atoms with Gasteiger partial charge in [0, 0.05) is 19.5 Å². The Labute approximate surface area is 94.7 Å². The number of nitrogens with zero attached hydrogens (tertiary/aromatic N) is 1. The minimum atomic E-state index is -0.796. The lowest BCUT2D eigenvalue weighted by Crippen LogP contribution is -2.46. The number of ether oxygens (including phenoxy) is 1. The maximum Gasteiger partial charge on any atom is 0.303 e. The molecule has 1 aliphatic rings. The first kappa shape index (κ1) is 12.7. The first-order valence-electron chi connectivity index (χ1n) is 5.35. The van der Waals surface area contributed by atoms with Gasteiger partial charge >= 0.3 is 5.97 Å². The number of hydrogen-bond acceptors (Lipinski definition) is 3. The smallest absolute Gasteiger partial charge is 0.303 e. The van der Waals surface area contributed by atoms with E-state index in [1.165, 1.54) is 0 Å². The fourth-order valence-electron chi connectivity index (χ4n) is 1.67. The summed E-state index contributed by atoms with van der Waals surface area (Å²) in [6.45, 7) is 4.73. The summed E-state index contributed by atoms with van der Waals surface area (Å²) in [6, 6.07) is 0. The summed E-state index contributed by atoms with van der Waals surface area (Å²) in [7, 11) is 0.